The summed E-state index contributed by atoms with van der Waals surface area (Å²) in [4.78, 5) is 26.6. The smallest absolute Gasteiger partial charge is 0.323 e. The van der Waals surface area contributed by atoms with Crippen LogP contribution >= 0.6 is 0 Å². The van der Waals surface area contributed by atoms with E-state index in [0.717, 1.165) is 25.1 Å². The van der Waals surface area contributed by atoms with Gasteiger partial charge in [-0.1, -0.05) is 48.5 Å². The summed E-state index contributed by atoms with van der Waals surface area (Å²) in [5.41, 5.74) is 2.02. The van der Waals surface area contributed by atoms with Crippen LogP contribution in [-0.2, 0) is 16.0 Å². The number of urea groups is 1. The number of esters is 1. The zero-order valence-electron chi connectivity index (χ0n) is 16.1. The maximum Gasteiger partial charge on any atom is 0.323 e. The molecule has 0 radical (unpaired) electrons. The van der Waals surface area contributed by atoms with Crippen molar-refractivity contribution in [2.24, 2.45) is 0 Å². The number of benzene rings is 2. The van der Waals surface area contributed by atoms with Crippen LogP contribution in [0.15, 0.2) is 60.7 Å². The first-order valence-electron chi connectivity index (χ1n) is 9.64. The molecule has 2 atom stereocenters. The quantitative estimate of drug-likeness (QED) is 0.723. The number of carbonyl (C=O) groups excluding carboxylic acids is 2. The summed E-state index contributed by atoms with van der Waals surface area (Å²) in [5, 5.41) is 5.80. The van der Waals surface area contributed by atoms with Gasteiger partial charge in [0.25, 0.3) is 0 Å². The second-order valence-corrected chi connectivity index (χ2v) is 7.02. The number of aryl methyl sites for hydroxylation is 1. The Morgan fingerprint density at radius 1 is 1.07 bits per heavy atom. The van der Waals surface area contributed by atoms with Gasteiger partial charge in [0.2, 0.25) is 0 Å². The van der Waals surface area contributed by atoms with Crippen LogP contribution in [0.3, 0.4) is 0 Å². The van der Waals surface area contributed by atoms with Gasteiger partial charge < -0.3 is 15.4 Å². The van der Waals surface area contributed by atoms with Crippen molar-refractivity contribution < 1.29 is 14.3 Å². The molecule has 2 aromatic rings. The Kier molecular flexibility index (Phi) is 7.03. The van der Waals surface area contributed by atoms with E-state index in [1.54, 1.807) is 0 Å². The predicted octanol–water partition coefficient (Wildman–Crippen LogP) is 3.06. The third kappa shape index (κ3) is 5.57. The fourth-order valence-electron chi connectivity index (χ4n) is 3.64. The molecule has 28 heavy (non-hydrogen) atoms. The number of methoxy groups -OCH3 is 1. The van der Waals surface area contributed by atoms with Crippen LogP contribution in [0.4, 0.5) is 10.5 Å². The van der Waals surface area contributed by atoms with Crippen molar-refractivity contribution in [2.45, 2.75) is 31.3 Å². The molecule has 6 heteroatoms. The van der Waals surface area contributed by atoms with Crippen LogP contribution in [0.1, 0.15) is 18.4 Å². The van der Waals surface area contributed by atoms with E-state index in [2.05, 4.69) is 27.7 Å². The maximum atomic E-state index is 12.3. The molecule has 3 rings (SSSR count). The average molecular weight is 381 g/mol. The first-order valence-corrected chi connectivity index (χ1v) is 9.64. The lowest BCUT2D eigenvalue weighted by Crippen LogP contribution is -2.40. The minimum atomic E-state index is -0.317. The van der Waals surface area contributed by atoms with Crippen molar-refractivity contribution in [2.75, 3.05) is 25.5 Å². The lowest BCUT2D eigenvalue weighted by atomic mass is 10.1. The highest BCUT2D eigenvalue weighted by atomic mass is 16.5. The summed E-state index contributed by atoms with van der Waals surface area (Å²) < 4.78 is 4.97. The number of nitrogens with one attached hydrogen (secondary N) is 2. The number of anilines is 1. The number of amides is 2. The van der Waals surface area contributed by atoms with Gasteiger partial charge in [0.15, 0.2) is 0 Å². The van der Waals surface area contributed by atoms with Gasteiger partial charge in [-0.05, 0) is 43.5 Å². The zero-order valence-corrected chi connectivity index (χ0v) is 16.1. The number of likely N-dealkylation sites (tertiary alicyclic amines) is 1. The molecule has 0 spiro atoms. The van der Waals surface area contributed by atoms with Crippen LogP contribution in [0.25, 0.3) is 0 Å². The van der Waals surface area contributed by atoms with E-state index in [9.17, 15) is 9.59 Å². The third-order valence-electron chi connectivity index (χ3n) is 5.00. The molecule has 1 aliphatic rings. The van der Waals surface area contributed by atoms with E-state index in [1.165, 1.54) is 12.7 Å². The van der Waals surface area contributed by atoms with Crippen molar-refractivity contribution >= 4 is 17.7 Å². The Morgan fingerprint density at radius 2 is 1.75 bits per heavy atom. The summed E-state index contributed by atoms with van der Waals surface area (Å²) in [5.74, 6) is -0.243. The van der Waals surface area contributed by atoms with E-state index in [-0.39, 0.29) is 24.1 Å². The van der Waals surface area contributed by atoms with E-state index in [0.29, 0.717) is 13.0 Å². The van der Waals surface area contributed by atoms with Gasteiger partial charge in [0.05, 0.1) is 7.11 Å². The standard InChI is InChI=1S/C22H27N3O3/c1-28-21(26)20-15-19(24-22(27)23-18-12-6-3-7-13-18)16-25(20)14-8-11-17-9-4-2-5-10-17/h2-7,9-10,12-13,19-20H,8,11,14-16H2,1H3,(H2,23,24,27)/t19-,20+/m1/s1. The topological polar surface area (TPSA) is 70.7 Å². The lowest BCUT2D eigenvalue weighted by Gasteiger charge is -2.22. The molecule has 0 aromatic heterocycles. The van der Waals surface area contributed by atoms with Crippen LogP contribution < -0.4 is 10.6 Å². The second-order valence-electron chi connectivity index (χ2n) is 7.02. The van der Waals surface area contributed by atoms with Gasteiger partial charge >= 0.3 is 12.0 Å². The molecule has 0 aliphatic carbocycles. The summed E-state index contributed by atoms with van der Waals surface area (Å²) in [6.45, 7) is 1.42. The number of hydrogen-bond acceptors (Lipinski definition) is 4. The minimum absolute atomic E-state index is 0.0930. The molecule has 1 aliphatic heterocycles. The van der Waals surface area contributed by atoms with Crippen molar-refractivity contribution in [3.05, 3.63) is 66.2 Å². The Labute approximate surface area is 165 Å². The fourth-order valence-corrected chi connectivity index (χ4v) is 3.64. The van der Waals surface area contributed by atoms with Crippen molar-refractivity contribution in [1.29, 1.82) is 0 Å². The van der Waals surface area contributed by atoms with Crippen molar-refractivity contribution in [3.8, 4) is 0 Å². The summed E-state index contributed by atoms with van der Waals surface area (Å²) in [6, 6.07) is 18.9. The minimum Gasteiger partial charge on any atom is -0.468 e. The van der Waals surface area contributed by atoms with E-state index < -0.39 is 0 Å². The zero-order chi connectivity index (χ0) is 19.8. The molecule has 1 heterocycles. The average Bonchev–Trinajstić information content (AvgIpc) is 3.11. The third-order valence-corrected chi connectivity index (χ3v) is 5.00. The molecule has 2 amide bonds. The molecule has 0 saturated carbocycles. The van der Waals surface area contributed by atoms with Gasteiger partial charge in [-0.25, -0.2) is 4.79 Å². The largest absolute Gasteiger partial charge is 0.468 e. The molecule has 1 fully saturated rings. The molecular formula is C22H27N3O3. The first kappa shape index (κ1) is 19.9. The van der Waals surface area contributed by atoms with Gasteiger partial charge in [0, 0.05) is 18.3 Å². The molecule has 2 N–H and O–H groups in total. The summed E-state index contributed by atoms with van der Waals surface area (Å²) in [7, 11) is 1.41. The Hall–Kier alpha value is -2.86. The van der Waals surface area contributed by atoms with Crippen LogP contribution in [0.2, 0.25) is 0 Å². The molecule has 2 aromatic carbocycles. The molecule has 1 saturated heterocycles. The molecule has 0 bridgehead atoms. The Balaban J connectivity index is 1.52. The normalized spacial score (nSPS) is 19.2. The monoisotopic (exact) mass is 381 g/mol. The van der Waals surface area contributed by atoms with E-state index >= 15 is 0 Å². The van der Waals surface area contributed by atoms with E-state index in [1.807, 2.05) is 48.5 Å². The van der Waals surface area contributed by atoms with Crippen LogP contribution in [0, 0.1) is 0 Å². The van der Waals surface area contributed by atoms with Crippen LogP contribution in [-0.4, -0.2) is 49.2 Å². The fraction of sp³-hybridized carbons (Fsp3) is 0.364. The lowest BCUT2D eigenvalue weighted by molar-refractivity contribution is -0.145. The Bertz CT molecular complexity index is 767. The van der Waals surface area contributed by atoms with Gasteiger partial charge in [-0.2, -0.15) is 0 Å². The number of rotatable bonds is 7. The number of ether oxygens (including phenoxy) is 1. The maximum absolute atomic E-state index is 12.3. The van der Waals surface area contributed by atoms with Crippen LogP contribution in [0.5, 0.6) is 0 Å². The summed E-state index contributed by atoms with van der Waals surface area (Å²) >= 11 is 0. The highest BCUT2D eigenvalue weighted by Gasteiger charge is 2.37. The first-order chi connectivity index (χ1) is 13.7. The number of hydrogen-bond donors (Lipinski definition) is 2. The van der Waals surface area contributed by atoms with Crippen molar-refractivity contribution in [3.63, 3.8) is 0 Å². The number of para-hydroxylation sites is 1. The highest BCUT2D eigenvalue weighted by molar-refractivity contribution is 5.89. The van der Waals surface area contributed by atoms with Gasteiger partial charge in [0.1, 0.15) is 6.04 Å². The molecule has 148 valence electrons. The SMILES string of the molecule is COC(=O)[C@@H]1C[C@@H](NC(=O)Nc2ccccc2)CN1CCCc1ccccc1. The highest BCUT2D eigenvalue weighted by Crippen LogP contribution is 2.20. The predicted molar refractivity (Wildman–Crippen MR) is 109 cm³/mol. The van der Waals surface area contributed by atoms with Gasteiger partial charge in [-0.15, -0.1) is 0 Å². The number of carbonyl (C=O) groups is 2. The van der Waals surface area contributed by atoms with Crippen molar-refractivity contribution in [1.82, 2.24) is 10.2 Å². The van der Waals surface area contributed by atoms with Gasteiger partial charge in [-0.3, -0.25) is 9.69 Å². The molecule has 0 unspecified atom stereocenters. The molecular weight excluding hydrogens is 354 g/mol. The van der Waals surface area contributed by atoms with E-state index in [4.69, 9.17) is 4.74 Å². The number of nitrogens with zero attached hydrogens (tertiary/aromatic N) is 1. The second kappa shape index (κ2) is 9.90. The molecule has 6 nitrogen and oxygen atoms in total. The summed E-state index contributed by atoms with van der Waals surface area (Å²) in [6.07, 6.45) is 2.46. The Morgan fingerprint density at radius 3 is 2.43 bits per heavy atom.